The van der Waals surface area contributed by atoms with E-state index in [1.54, 1.807) is 56.5 Å². The number of hydrogen-bond donors (Lipinski definition) is 4. The molecule has 5 N–H and O–H groups in total. The maximum absolute atomic E-state index is 14.1. The van der Waals surface area contributed by atoms with E-state index in [0.29, 0.717) is 22.4 Å². The third kappa shape index (κ3) is 9.90. The number of aliphatic hydroxyl groups is 1. The number of aromatic nitrogens is 3. The molecular weight excluding hydrogens is 750 g/mol. The first kappa shape index (κ1) is 43.1. The molecule has 17 heteroatoms. The second-order valence-corrected chi connectivity index (χ2v) is 14.6. The van der Waals surface area contributed by atoms with Crippen LogP contribution in [0.5, 0.6) is 0 Å². The molecule has 5 rings (SSSR count). The number of allylic oxidation sites excluding steroid dienone is 4. The molecule has 2 aliphatic heterocycles. The number of benzene rings is 1. The first-order valence-electron chi connectivity index (χ1n) is 18.8. The van der Waals surface area contributed by atoms with Crippen LogP contribution in [0.3, 0.4) is 0 Å². The van der Waals surface area contributed by atoms with Crippen molar-refractivity contribution >= 4 is 35.4 Å². The standard InChI is InChI=1S/C41H49N7O10/c1-22-16-29-34(43-20-26-21-47(46-45-26)14-15-48-39(53)27-11-7-8-12-28(27)40(48)54)31(49)19-30(36(29)51)44-38(52)23(2)10-9-13-32(56-5)37(58-41(42)55)25(4)18-24(3)35(50)33(17-22)57-6/h7-13,18-19,21-22,24,32-33,35,37,43,50H,14-17,20H2,1-6H3,(H2,42,55)(H,44,52)/b13-9-,23-10+,25-18+/t22-,24+,32+,33+,35-,37+/m1/s1. The minimum atomic E-state index is -1.04. The van der Waals surface area contributed by atoms with Gasteiger partial charge < -0.3 is 35.7 Å². The molecule has 2 aromatic rings. The third-order valence-electron chi connectivity index (χ3n) is 10.3. The smallest absolute Gasteiger partial charge is 0.405 e. The van der Waals surface area contributed by atoms with Gasteiger partial charge in [-0.1, -0.05) is 55.5 Å². The predicted molar refractivity (Wildman–Crippen MR) is 208 cm³/mol. The van der Waals surface area contributed by atoms with Crippen LogP contribution in [-0.4, -0.2) is 106 Å². The summed E-state index contributed by atoms with van der Waals surface area (Å²) in [6.45, 7) is 7.10. The number of Topliss-reactive ketones (excluding diaryl/α,β-unsaturated/α-hetero) is 1. The third-order valence-corrected chi connectivity index (χ3v) is 10.3. The highest BCUT2D eigenvalue weighted by Gasteiger charge is 2.36. The Bertz CT molecular complexity index is 2080. The minimum absolute atomic E-state index is 0.00545. The molecule has 3 heterocycles. The van der Waals surface area contributed by atoms with E-state index >= 15 is 0 Å². The monoisotopic (exact) mass is 799 g/mol. The summed E-state index contributed by atoms with van der Waals surface area (Å²) >= 11 is 0. The lowest BCUT2D eigenvalue weighted by molar-refractivity contribution is -0.120. The van der Waals surface area contributed by atoms with Crippen LogP contribution >= 0.6 is 0 Å². The zero-order valence-electron chi connectivity index (χ0n) is 33.3. The van der Waals surface area contributed by atoms with E-state index in [9.17, 15) is 33.9 Å². The largest absolute Gasteiger partial charge is 0.439 e. The van der Waals surface area contributed by atoms with Gasteiger partial charge in [0.25, 0.3) is 17.7 Å². The summed E-state index contributed by atoms with van der Waals surface area (Å²) in [5, 5.41) is 25.3. The van der Waals surface area contributed by atoms with Crippen molar-refractivity contribution in [2.75, 3.05) is 20.8 Å². The number of rotatable bonds is 9. The molecular formula is C41H49N7O10. The lowest BCUT2D eigenvalue weighted by atomic mass is 9.85. The molecule has 0 fully saturated rings. The van der Waals surface area contributed by atoms with Gasteiger partial charge in [0.2, 0.25) is 11.6 Å². The number of hydrogen-bond acceptors (Lipinski definition) is 13. The number of primary amides is 1. The molecule has 0 saturated heterocycles. The van der Waals surface area contributed by atoms with E-state index < -0.39 is 53.9 Å². The molecule has 0 spiro atoms. The zero-order chi connectivity index (χ0) is 42.3. The molecule has 58 heavy (non-hydrogen) atoms. The van der Waals surface area contributed by atoms with Crippen LogP contribution < -0.4 is 16.4 Å². The Hall–Kier alpha value is -6.04. The van der Waals surface area contributed by atoms with Gasteiger partial charge in [0, 0.05) is 43.9 Å². The molecule has 4 amide bonds. The highest BCUT2D eigenvalue weighted by Crippen LogP contribution is 2.29. The number of nitrogens with two attached hydrogens (primary N) is 1. The van der Waals surface area contributed by atoms with Crippen LogP contribution in [0.2, 0.25) is 0 Å². The van der Waals surface area contributed by atoms with Crippen molar-refractivity contribution < 1.29 is 48.1 Å². The van der Waals surface area contributed by atoms with Crippen LogP contribution in [0.15, 0.2) is 89.0 Å². The van der Waals surface area contributed by atoms with Crippen LogP contribution in [0.1, 0.15) is 66.9 Å². The van der Waals surface area contributed by atoms with Gasteiger partial charge in [0.1, 0.15) is 11.8 Å². The molecule has 1 aromatic carbocycles. The summed E-state index contributed by atoms with van der Waals surface area (Å²) in [5.41, 5.74) is 7.17. The van der Waals surface area contributed by atoms with Crippen molar-refractivity contribution in [3.8, 4) is 0 Å². The number of carbonyl (C=O) groups is 6. The van der Waals surface area contributed by atoms with Crippen molar-refractivity contribution in [1.82, 2.24) is 30.5 Å². The topological polar surface area (TPSA) is 234 Å². The van der Waals surface area contributed by atoms with Gasteiger partial charge in [-0.3, -0.25) is 33.6 Å². The molecule has 1 aliphatic carbocycles. The summed E-state index contributed by atoms with van der Waals surface area (Å²) in [7, 11) is 2.88. The number of carbonyl (C=O) groups excluding carboxylic acids is 6. The maximum atomic E-state index is 14.1. The van der Waals surface area contributed by atoms with Crippen molar-refractivity contribution in [1.29, 1.82) is 0 Å². The van der Waals surface area contributed by atoms with Gasteiger partial charge >= 0.3 is 6.09 Å². The second kappa shape index (κ2) is 18.9. The Kier molecular flexibility index (Phi) is 14.1. The summed E-state index contributed by atoms with van der Waals surface area (Å²) in [4.78, 5) is 79.6. The van der Waals surface area contributed by atoms with Gasteiger partial charge in [0.05, 0.1) is 54.0 Å². The molecule has 308 valence electrons. The molecule has 3 aliphatic rings. The number of ether oxygens (including phenoxy) is 3. The highest BCUT2D eigenvalue weighted by atomic mass is 16.6. The molecule has 0 saturated carbocycles. The Morgan fingerprint density at radius 1 is 1.03 bits per heavy atom. The van der Waals surface area contributed by atoms with E-state index in [2.05, 4.69) is 20.9 Å². The normalized spacial score (nSPS) is 27.3. The second-order valence-electron chi connectivity index (χ2n) is 14.6. The van der Waals surface area contributed by atoms with Crippen molar-refractivity contribution in [3.63, 3.8) is 0 Å². The lowest BCUT2D eigenvalue weighted by Gasteiger charge is -2.30. The first-order valence-corrected chi connectivity index (χ1v) is 18.8. The number of imide groups is 1. The average Bonchev–Trinajstić information content (AvgIpc) is 3.75. The van der Waals surface area contributed by atoms with E-state index in [-0.39, 0.29) is 72.7 Å². The number of amides is 4. The minimum Gasteiger partial charge on any atom is -0.439 e. The Morgan fingerprint density at radius 2 is 1.72 bits per heavy atom. The molecule has 1 aromatic heterocycles. The Labute approximate surface area is 335 Å². The fourth-order valence-electron chi connectivity index (χ4n) is 7.13. The van der Waals surface area contributed by atoms with Crippen molar-refractivity contribution in [2.45, 2.75) is 78.0 Å². The fraction of sp³-hybridized carbons (Fsp3) is 0.415. The summed E-state index contributed by atoms with van der Waals surface area (Å²) in [6.07, 6.45) is 4.75. The first-order chi connectivity index (χ1) is 27.6. The highest BCUT2D eigenvalue weighted by molar-refractivity contribution is 6.23. The Balaban J connectivity index is 1.38. The molecule has 6 atom stereocenters. The quantitative estimate of drug-likeness (QED) is 0.162. The molecule has 17 nitrogen and oxygen atoms in total. The maximum Gasteiger partial charge on any atom is 0.405 e. The predicted octanol–water partition coefficient (Wildman–Crippen LogP) is 2.44. The number of fused-ring (bicyclic) bond motifs is 3. The van der Waals surface area contributed by atoms with Gasteiger partial charge in [-0.05, 0) is 50.3 Å². The van der Waals surface area contributed by atoms with Crippen LogP contribution in [0, 0.1) is 11.8 Å². The van der Waals surface area contributed by atoms with E-state index in [0.717, 1.165) is 11.0 Å². The number of nitrogens with one attached hydrogen (secondary N) is 2. The van der Waals surface area contributed by atoms with Gasteiger partial charge in [0.15, 0.2) is 6.10 Å². The molecule has 0 unspecified atom stereocenters. The van der Waals surface area contributed by atoms with E-state index in [1.165, 1.54) is 38.0 Å². The van der Waals surface area contributed by atoms with Crippen molar-refractivity contribution in [3.05, 3.63) is 106 Å². The van der Waals surface area contributed by atoms with Crippen molar-refractivity contribution in [2.24, 2.45) is 17.6 Å². The van der Waals surface area contributed by atoms with Crippen LogP contribution in [0.25, 0.3) is 0 Å². The van der Waals surface area contributed by atoms with E-state index in [4.69, 9.17) is 19.9 Å². The number of nitrogens with zero attached hydrogens (tertiary/aromatic N) is 4. The number of aliphatic hydroxyl groups excluding tert-OH is 1. The number of ketones is 2. The summed E-state index contributed by atoms with van der Waals surface area (Å²) in [5.74, 6) is -3.35. The van der Waals surface area contributed by atoms with Gasteiger partial charge in [-0.25, -0.2) is 4.79 Å². The average molecular weight is 800 g/mol. The summed E-state index contributed by atoms with van der Waals surface area (Å²) < 4.78 is 18.2. The van der Waals surface area contributed by atoms with Gasteiger partial charge in [-0.2, -0.15) is 0 Å². The van der Waals surface area contributed by atoms with Gasteiger partial charge in [-0.15, -0.1) is 5.10 Å². The molecule has 0 radical (unpaired) electrons. The summed E-state index contributed by atoms with van der Waals surface area (Å²) in [6, 6.07) is 6.61. The van der Waals surface area contributed by atoms with E-state index in [1.807, 2.05) is 6.92 Å². The SMILES string of the molecule is CO[C@H]1/C=C\C=C(/C)C(=O)NC2=CC(=O)C(NCc3cn(CCN4C(=O)c5ccccc5C4=O)nn3)=C(C[C@@H](C)C[C@H](OC)[C@H](O)[C@@H](C)/C=C(\C)[C@@H]1OC(N)=O)C2=O. The van der Waals surface area contributed by atoms with Crippen LogP contribution in [0.4, 0.5) is 4.79 Å². The molecule has 2 bridgehead atoms. The Morgan fingerprint density at radius 3 is 2.36 bits per heavy atom. The lowest BCUT2D eigenvalue weighted by Crippen LogP contribution is -2.37. The van der Waals surface area contributed by atoms with Crippen LogP contribution in [-0.2, 0) is 41.7 Å². The number of methoxy groups -OCH3 is 2. The zero-order valence-corrected chi connectivity index (χ0v) is 33.3. The fourth-order valence-corrected chi connectivity index (χ4v) is 7.13.